The van der Waals surface area contributed by atoms with Gasteiger partial charge in [-0.1, -0.05) is 68.9 Å². The highest BCUT2D eigenvalue weighted by Gasteiger charge is 2.40. The molecule has 0 radical (unpaired) electrons. The predicted octanol–water partition coefficient (Wildman–Crippen LogP) is 7.65. The molecule has 0 bridgehead atoms. The van der Waals surface area contributed by atoms with Crippen LogP contribution in [0.4, 0.5) is 0 Å². The van der Waals surface area contributed by atoms with E-state index in [9.17, 15) is 24.9 Å². The van der Waals surface area contributed by atoms with Crippen molar-refractivity contribution in [2.24, 2.45) is 23.7 Å². The Morgan fingerprint density at radius 2 is 1.65 bits per heavy atom. The van der Waals surface area contributed by atoms with Gasteiger partial charge in [-0.25, -0.2) is 0 Å². The van der Waals surface area contributed by atoms with Crippen LogP contribution in [-0.2, 0) is 14.3 Å². The molecule has 1 aromatic heterocycles. The van der Waals surface area contributed by atoms with Gasteiger partial charge in [-0.3, -0.25) is 14.5 Å². The van der Waals surface area contributed by atoms with Crippen molar-refractivity contribution in [3.8, 4) is 21.6 Å². The third-order valence-electron chi connectivity index (χ3n) is 11.9. The zero-order valence-corrected chi connectivity index (χ0v) is 34.8. The highest BCUT2D eigenvalue weighted by molar-refractivity contribution is 7.99. The fraction of sp³-hybridized carbons (Fsp3) is 0.591. The molecule has 6 rings (SSSR count). The summed E-state index contributed by atoms with van der Waals surface area (Å²) in [6.45, 7) is 13.2. The van der Waals surface area contributed by atoms with Gasteiger partial charge >= 0.3 is 5.97 Å². The zero-order chi connectivity index (χ0) is 39.4. The molecule has 55 heavy (non-hydrogen) atoms. The van der Waals surface area contributed by atoms with Crippen molar-refractivity contribution in [2.75, 3.05) is 26.2 Å². The number of thiophene rings is 1. The molecule has 2 aromatic carbocycles. The standard InChI is InChI=1S/C44H60N2O7S2/c1-26-20-28(3)53-36(21-26)31-16-17-44(6,51)23-27(2)24-46(30(5)40(48)35(47)25-52-43(50)29(31)4)19-11-18-45-42(49)39-22-34-32-12-7-9-14-37(32)54-38-15-10-8-13-33(38)41(34)55-39/h7-10,12-15,22,26-31,35-36,40,47-48,51H,11,16-21,23-25H2,1-6H3,(H,45,49)/t26?,27-,28?,29?,30?,31+,35?,36?,40?,44+/m1/s1. The summed E-state index contributed by atoms with van der Waals surface area (Å²) in [5, 5.41) is 37.2. The van der Waals surface area contributed by atoms with Crippen LogP contribution in [0, 0.1) is 23.7 Å². The summed E-state index contributed by atoms with van der Waals surface area (Å²) in [4.78, 5) is 33.2. The van der Waals surface area contributed by atoms with Crippen molar-refractivity contribution in [3.05, 3.63) is 59.5 Å². The number of rotatable bonds is 6. The lowest BCUT2D eigenvalue weighted by atomic mass is 9.76. The predicted molar refractivity (Wildman–Crippen MR) is 219 cm³/mol. The maximum Gasteiger partial charge on any atom is 0.309 e. The Labute approximate surface area is 335 Å². The first kappa shape index (κ1) is 41.9. The van der Waals surface area contributed by atoms with Crippen LogP contribution in [0.15, 0.2) is 64.4 Å². The summed E-state index contributed by atoms with van der Waals surface area (Å²) in [7, 11) is 0. The minimum absolute atomic E-state index is 0.0617. The number of aliphatic hydroxyl groups excluding tert-OH is 2. The summed E-state index contributed by atoms with van der Waals surface area (Å²) in [6, 6.07) is 18.2. The third kappa shape index (κ3) is 10.2. The second-order valence-corrected chi connectivity index (χ2v) is 19.0. The first-order valence-electron chi connectivity index (χ1n) is 20.1. The van der Waals surface area contributed by atoms with E-state index in [2.05, 4.69) is 55.3 Å². The number of ether oxygens (including phenoxy) is 2. The molecule has 0 saturated carbocycles. The Morgan fingerprint density at radius 3 is 2.38 bits per heavy atom. The SMILES string of the molecule is CC1CC(C)OC([C@H]2CC[C@](C)(O)C[C@@H](C)CN(CCCNC(=O)c3cc4c(s3)-c3ccccc3Sc3ccccc3-4)C(C)C(O)C(O)COC(=O)C2C)C1. The van der Waals surface area contributed by atoms with Gasteiger partial charge in [0.1, 0.15) is 12.7 Å². The second kappa shape index (κ2) is 18.2. The zero-order valence-electron chi connectivity index (χ0n) is 33.2. The minimum atomic E-state index is -1.27. The van der Waals surface area contributed by atoms with Gasteiger partial charge < -0.3 is 30.1 Å². The topological polar surface area (TPSA) is 129 Å². The quantitative estimate of drug-likeness (QED) is 0.115. The first-order chi connectivity index (χ1) is 26.2. The van der Waals surface area contributed by atoms with Gasteiger partial charge in [-0.2, -0.15) is 0 Å². The average molecular weight is 793 g/mol. The molecule has 4 N–H and O–H groups in total. The van der Waals surface area contributed by atoms with Crippen molar-refractivity contribution in [2.45, 2.75) is 126 Å². The molecule has 7 unspecified atom stereocenters. The Bertz CT molecular complexity index is 1710. The normalized spacial score (nSPS) is 32.5. The van der Waals surface area contributed by atoms with Gasteiger partial charge in [0.15, 0.2) is 0 Å². The molecule has 10 atom stereocenters. The molecule has 11 heteroatoms. The second-order valence-electron chi connectivity index (χ2n) is 16.8. The van der Waals surface area contributed by atoms with Gasteiger partial charge in [-0.15, -0.1) is 11.3 Å². The van der Waals surface area contributed by atoms with Crippen molar-refractivity contribution in [1.29, 1.82) is 0 Å². The fourth-order valence-corrected chi connectivity index (χ4v) is 11.3. The molecule has 3 aliphatic heterocycles. The molecule has 3 aromatic rings. The largest absolute Gasteiger partial charge is 0.463 e. The highest BCUT2D eigenvalue weighted by Crippen LogP contribution is 2.51. The molecule has 9 nitrogen and oxygen atoms in total. The number of fused-ring (bicyclic) bond motifs is 5. The molecule has 2 saturated heterocycles. The molecule has 0 aliphatic carbocycles. The number of nitrogens with one attached hydrogen (secondary N) is 1. The van der Waals surface area contributed by atoms with Gasteiger partial charge in [0, 0.05) is 51.5 Å². The number of benzene rings is 2. The van der Waals surface area contributed by atoms with E-state index in [-0.39, 0.29) is 36.6 Å². The van der Waals surface area contributed by atoms with E-state index in [1.807, 2.05) is 51.1 Å². The molecule has 2 fully saturated rings. The Morgan fingerprint density at radius 1 is 0.964 bits per heavy atom. The molecule has 1 amide bonds. The van der Waals surface area contributed by atoms with E-state index in [4.69, 9.17) is 9.47 Å². The summed E-state index contributed by atoms with van der Waals surface area (Å²) in [6.07, 6.45) is 1.59. The molecular weight excluding hydrogens is 733 g/mol. The summed E-state index contributed by atoms with van der Waals surface area (Å²) in [5.41, 5.74) is 2.35. The van der Waals surface area contributed by atoms with E-state index < -0.39 is 35.7 Å². The van der Waals surface area contributed by atoms with Crippen LogP contribution in [0.3, 0.4) is 0 Å². The number of carbonyl (C=O) groups is 2. The Kier molecular flexibility index (Phi) is 13.9. The van der Waals surface area contributed by atoms with Gasteiger partial charge in [0.2, 0.25) is 0 Å². The number of carbonyl (C=O) groups excluding carboxylic acids is 2. The number of hydrogen-bond donors (Lipinski definition) is 4. The van der Waals surface area contributed by atoms with Crippen LogP contribution in [0.25, 0.3) is 21.6 Å². The van der Waals surface area contributed by atoms with Crippen LogP contribution in [0.5, 0.6) is 0 Å². The number of cyclic esters (lactones) is 1. The van der Waals surface area contributed by atoms with Gasteiger partial charge in [-0.05, 0) is 101 Å². The fourth-order valence-electron chi connectivity index (χ4n) is 8.98. The highest BCUT2D eigenvalue weighted by atomic mass is 32.2. The van der Waals surface area contributed by atoms with Crippen LogP contribution in [-0.4, -0.2) is 94.4 Å². The van der Waals surface area contributed by atoms with E-state index in [0.29, 0.717) is 56.1 Å². The van der Waals surface area contributed by atoms with Gasteiger partial charge in [0.05, 0.1) is 34.7 Å². The number of esters is 1. The van der Waals surface area contributed by atoms with Crippen LogP contribution in [0.2, 0.25) is 0 Å². The van der Waals surface area contributed by atoms with Crippen LogP contribution in [0.1, 0.15) is 89.7 Å². The smallest absolute Gasteiger partial charge is 0.309 e. The first-order valence-corrected chi connectivity index (χ1v) is 21.8. The molecule has 4 heterocycles. The summed E-state index contributed by atoms with van der Waals surface area (Å²) >= 11 is 3.27. The maximum atomic E-state index is 13.6. The van der Waals surface area contributed by atoms with Crippen LogP contribution >= 0.6 is 23.1 Å². The lowest BCUT2D eigenvalue weighted by molar-refractivity contribution is -0.162. The minimum Gasteiger partial charge on any atom is -0.463 e. The molecular formula is C44H60N2O7S2. The van der Waals surface area contributed by atoms with Crippen LogP contribution < -0.4 is 5.32 Å². The summed E-state index contributed by atoms with van der Waals surface area (Å²) < 4.78 is 12.0. The number of amides is 1. The Hall–Kier alpha value is -2.77. The average Bonchev–Trinajstić information content (AvgIpc) is 3.54. The van der Waals surface area contributed by atoms with Crippen molar-refractivity contribution >= 4 is 35.0 Å². The van der Waals surface area contributed by atoms with E-state index >= 15 is 0 Å². The van der Waals surface area contributed by atoms with E-state index in [0.717, 1.165) is 34.4 Å². The number of aliphatic hydroxyl groups is 3. The van der Waals surface area contributed by atoms with Crippen molar-refractivity contribution in [1.82, 2.24) is 10.2 Å². The Balaban J connectivity index is 1.12. The van der Waals surface area contributed by atoms with E-state index in [1.165, 1.54) is 21.1 Å². The third-order valence-corrected chi connectivity index (χ3v) is 14.2. The van der Waals surface area contributed by atoms with Crippen molar-refractivity contribution in [3.63, 3.8) is 0 Å². The molecule has 300 valence electrons. The lowest BCUT2D eigenvalue weighted by Crippen LogP contribution is -2.50. The van der Waals surface area contributed by atoms with Gasteiger partial charge in [0.25, 0.3) is 5.91 Å². The number of nitrogens with zero attached hydrogens (tertiary/aromatic N) is 1. The monoisotopic (exact) mass is 792 g/mol. The van der Waals surface area contributed by atoms with Crippen molar-refractivity contribution < 1.29 is 34.4 Å². The van der Waals surface area contributed by atoms with E-state index in [1.54, 1.807) is 11.8 Å². The number of hydrogen-bond acceptors (Lipinski definition) is 10. The maximum absolute atomic E-state index is 13.6. The lowest BCUT2D eigenvalue weighted by Gasteiger charge is -2.40. The molecule has 3 aliphatic rings. The molecule has 0 spiro atoms. The summed E-state index contributed by atoms with van der Waals surface area (Å²) in [5.74, 6) is -0.665.